The van der Waals surface area contributed by atoms with Gasteiger partial charge in [-0.25, -0.2) is 0 Å². The number of ketones is 1. The molecule has 0 saturated heterocycles. The summed E-state index contributed by atoms with van der Waals surface area (Å²) in [5.41, 5.74) is 16.4. The highest BCUT2D eigenvalue weighted by Crippen LogP contribution is 2.32. The fourth-order valence-corrected chi connectivity index (χ4v) is 3.96. The first-order valence-electron chi connectivity index (χ1n) is 11.4. The average molecular weight is 453 g/mol. The molecule has 4 rings (SSSR count). The molecular weight excluding hydrogens is 424 g/mol. The predicted molar refractivity (Wildman–Crippen MR) is 137 cm³/mol. The van der Waals surface area contributed by atoms with Crippen LogP contribution in [0, 0.1) is 0 Å². The van der Waals surface area contributed by atoms with Gasteiger partial charge >= 0.3 is 0 Å². The summed E-state index contributed by atoms with van der Waals surface area (Å²) in [6.07, 6.45) is 4.83. The Labute approximate surface area is 199 Å². The molecule has 6 heteroatoms. The summed E-state index contributed by atoms with van der Waals surface area (Å²) in [7, 11) is 0. The van der Waals surface area contributed by atoms with Crippen molar-refractivity contribution in [3.63, 3.8) is 0 Å². The zero-order valence-corrected chi connectivity index (χ0v) is 19.0. The van der Waals surface area contributed by atoms with Gasteiger partial charge < -0.3 is 16.8 Å². The maximum Gasteiger partial charge on any atom is 0.252 e. The lowest BCUT2D eigenvalue weighted by molar-refractivity contribution is 0.0976. The number of amides is 1. The smallest absolute Gasteiger partial charge is 0.252 e. The predicted octanol–water partition coefficient (Wildman–Crippen LogP) is 5.45. The number of unbranched alkanes of at least 4 members (excludes halogenated alkanes) is 2. The number of pyridine rings is 1. The molecule has 5 N–H and O–H groups in total. The van der Waals surface area contributed by atoms with Gasteiger partial charge in [-0.1, -0.05) is 61.0 Å². The molecule has 0 unspecified atom stereocenters. The third-order valence-electron chi connectivity index (χ3n) is 5.83. The number of nitrogens with one attached hydrogen (secondary N) is 1. The van der Waals surface area contributed by atoms with Gasteiger partial charge in [-0.05, 0) is 48.7 Å². The Morgan fingerprint density at radius 1 is 0.853 bits per heavy atom. The Hall–Kier alpha value is -4.03. The largest absolute Gasteiger partial charge is 0.365 e. The van der Waals surface area contributed by atoms with Crippen LogP contribution in [0.15, 0.2) is 79.0 Å². The minimum atomic E-state index is -0.541. The SMILES string of the molecule is NCCCCCC(=O)c1ccc(-c2ccc3c(Nc4ccccc4)c(C(N)=O)cnc3c2)cc1. The quantitative estimate of drug-likeness (QED) is 0.219. The molecule has 0 aliphatic rings. The molecule has 0 radical (unpaired) electrons. The third kappa shape index (κ3) is 5.30. The standard InChI is InChI=1S/C28H28N4O2/c29-16-6-2-5-9-26(33)20-12-10-19(11-13-20)21-14-15-23-25(17-21)31-18-24(28(30)34)27(23)32-22-7-3-1-4-8-22/h1,3-4,7-8,10-15,17-18H,2,5-6,9,16,29H2,(H2,30,34)(H,31,32). The number of fused-ring (bicyclic) bond motifs is 1. The van der Waals surface area contributed by atoms with Gasteiger partial charge in [-0.2, -0.15) is 0 Å². The van der Waals surface area contributed by atoms with E-state index in [1.165, 1.54) is 6.20 Å². The second-order valence-electron chi connectivity index (χ2n) is 8.23. The maximum atomic E-state index is 12.4. The van der Waals surface area contributed by atoms with Crippen LogP contribution in [0.2, 0.25) is 0 Å². The van der Waals surface area contributed by atoms with Crippen LogP contribution in [-0.4, -0.2) is 23.2 Å². The van der Waals surface area contributed by atoms with Crippen molar-refractivity contribution in [2.24, 2.45) is 11.5 Å². The first-order valence-corrected chi connectivity index (χ1v) is 11.4. The van der Waals surface area contributed by atoms with Crippen LogP contribution in [0.5, 0.6) is 0 Å². The fourth-order valence-electron chi connectivity index (χ4n) is 3.96. The number of Topliss-reactive ketones (excluding diaryl/α,β-unsaturated/α-hetero) is 1. The fraction of sp³-hybridized carbons (Fsp3) is 0.179. The molecule has 1 heterocycles. The summed E-state index contributed by atoms with van der Waals surface area (Å²) < 4.78 is 0. The number of carbonyl (C=O) groups is 2. The first kappa shape index (κ1) is 23.1. The lowest BCUT2D eigenvalue weighted by atomic mass is 9.98. The summed E-state index contributed by atoms with van der Waals surface area (Å²) in [4.78, 5) is 28.9. The highest BCUT2D eigenvalue weighted by Gasteiger charge is 2.14. The molecule has 0 aliphatic carbocycles. The number of benzene rings is 3. The normalized spacial score (nSPS) is 10.9. The second kappa shape index (κ2) is 10.7. The molecule has 0 aliphatic heterocycles. The number of nitrogens with two attached hydrogens (primary N) is 2. The van der Waals surface area contributed by atoms with E-state index in [0.29, 0.717) is 24.2 Å². The number of rotatable bonds is 10. The molecule has 6 nitrogen and oxygen atoms in total. The summed E-state index contributed by atoms with van der Waals surface area (Å²) in [5.74, 6) is -0.389. The molecule has 1 aromatic heterocycles. The maximum absolute atomic E-state index is 12.4. The van der Waals surface area contributed by atoms with Crippen LogP contribution in [0.4, 0.5) is 11.4 Å². The number of primary amides is 1. The van der Waals surface area contributed by atoms with Crippen molar-refractivity contribution < 1.29 is 9.59 Å². The van der Waals surface area contributed by atoms with E-state index in [1.807, 2.05) is 72.8 Å². The van der Waals surface area contributed by atoms with Gasteiger partial charge in [0.15, 0.2) is 5.78 Å². The van der Waals surface area contributed by atoms with E-state index in [9.17, 15) is 9.59 Å². The zero-order valence-electron chi connectivity index (χ0n) is 19.0. The van der Waals surface area contributed by atoms with Gasteiger partial charge in [0.05, 0.1) is 16.8 Å². The van der Waals surface area contributed by atoms with Crippen molar-refractivity contribution in [3.05, 3.63) is 90.1 Å². The van der Waals surface area contributed by atoms with E-state index in [1.54, 1.807) is 0 Å². The van der Waals surface area contributed by atoms with E-state index in [-0.39, 0.29) is 5.78 Å². The summed E-state index contributed by atoms with van der Waals surface area (Å²) >= 11 is 0. The monoisotopic (exact) mass is 452 g/mol. The Morgan fingerprint density at radius 3 is 2.29 bits per heavy atom. The van der Waals surface area contributed by atoms with Crippen molar-refractivity contribution in [1.29, 1.82) is 0 Å². The van der Waals surface area contributed by atoms with Gasteiger partial charge in [-0.3, -0.25) is 14.6 Å². The topological polar surface area (TPSA) is 111 Å². The molecule has 172 valence electrons. The number of hydrogen-bond acceptors (Lipinski definition) is 5. The minimum absolute atomic E-state index is 0.152. The Morgan fingerprint density at radius 2 is 1.59 bits per heavy atom. The Bertz CT molecular complexity index is 1300. The molecule has 1 amide bonds. The molecule has 0 atom stereocenters. The van der Waals surface area contributed by atoms with Crippen LogP contribution in [0.25, 0.3) is 22.0 Å². The average Bonchev–Trinajstić information content (AvgIpc) is 2.87. The lowest BCUT2D eigenvalue weighted by Crippen LogP contribution is -2.14. The number of carbonyl (C=O) groups excluding carboxylic acids is 2. The number of aromatic nitrogens is 1. The van der Waals surface area contributed by atoms with Gasteiger partial charge in [0.2, 0.25) is 0 Å². The highest BCUT2D eigenvalue weighted by molar-refractivity contribution is 6.08. The van der Waals surface area contributed by atoms with Crippen LogP contribution in [0.1, 0.15) is 46.4 Å². The zero-order chi connectivity index (χ0) is 23.9. The van der Waals surface area contributed by atoms with Crippen molar-refractivity contribution in [2.75, 3.05) is 11.9 Å². The van der Waals surface area contributed by atoms with Gasteiger partial charge in [0.25, 0.3) is 5.91 Å². The first-order chi connectivity index (χ1) is 16.6. The molecular formula is C28H28N4O2. The molecule has 4 aromatic rings. The Balaban J connectivity index is 1.61. The van der Waals surface area contributed by atoms with E-state index in [0.717, 1.165) is 52.5 Å². The van der Waals surface area contributed by atoms with Crippen LogP contribution >= 0.6 is 0 Å². The summed E-state index contributed by atoms with van der Waals surface area (Å²) in [6, 6.07) is 23.2. The second-order valence-corrected chi connectivity index (χ2v) is 8.23. The summed E-state index contributed by atoms with van der Waals surface area (Å²) in [6.45, 7) is 0.664. The molecule has 0 fully saturated rings. The van der Waals surface area contributed by atoms with E-state index < -0.39 is 5.91 Å². The minimum Gasteiger partial charge on any atom is -0.365 e. The van der Waals surface area contributed by atoms with Gasteiger partial charge in [-0.15, -0.1) is 0 Å². The number of hydrogen-bond donors (Lipinski definition) is 3. The number of nitrogens with zero attached hydrogens (tertiary/aromatic N) is 1. The number of anilines is 2. The number of para-hydroxylation sites is 1. The summed E-state index contributed by atoms with van der Waals surface area (Å²) in [5, 5.41) is 4.11. The van der Waals surface area contributed by atoms with Crippen molar-refractivity contribution in [3.8, 4) is 11.1 Å². The highest BCUT2D eigenvalue weighted by atomic mass is 16.1. The lowest BCUT2D eigenvalue weighted by Gasteiger charge is -2.14. The van der Waals surface area contributed by atoms with E-state index >= 15 is 0 Å². The van der Waals surface area contributed by atoms with Crippen LogP contribution < -0.4 is 16.8 Å². The molecule has 0 spiro atoms. The third-order valence-corrected chi connectivity index (χ3v) is 5.83. The van der Waals surface area contributed by atoms with E-state index in [4.69, 9.17) is 11.5 Å². The molecule has 0 bridgehead atoms. The molecule has 0 saturated carbocycles. The molecule has 34 heavy (non-hydrogen) atoms. The van der Waals surface area contributed by atoms with E-state index in [2.05, 4.69) is 10.3 Å². The molecule has 3 aromatic carbocycles. The van der Waals surface area contributed by atoms with Crippen molar-refractivity contribution in [1.82, 2.24) is 4.98 Å². The van der Waals surface area contributed by atoms with Gasteiger partial charge in [0.1, 0.15) is 0 Å². The van der Waals surface area contributed by atoms with Crippen LogP contribution in [-0.2, 0) is 0 Å². The van der Waals surface area contributed by atoms with Gasteiger partial charge in [0, 0.05) is 29.3 Å². The Kier molecular flexibility index (Phi) is 7.30. The van der Waals surface area contributed by atoms with Crippen molar-refractivity contribution >= 4 is 34.0 Å². The van der Waals surface area contributed by atoms with Crippen molar-refractivity contribution in [2.45, 2.75) is 25.7 Å². The van der Waals surface area contributed by atoms with Crippen LogP contribution in [0.3, 0.4) is 0 Å².